The maximum atomic E-state index is 5.70. The molecule has 1 aromatic carbocycles. The van der Waals surface area contributed by atoms with Gasteiger partial charge in [-0.15, -0.1) is 0 Å². The van der Waals surface area contributed by atoms with Crippen LogP contribution in [0.4, 0.5) is 0 Å². The summed E-state index contributed by atoms with van der Waals surface area (Å²) in [7, 11) is 0. The molecule has 2 unspecified atom stereocenters. The Bertz CT molecular complexity index is 418. The molecule has 1 fully saturated rings. The molecule has 0 amide bonds. The Kier molecular flexibility index (Phi) is 3.57. The number of nitrogens with zero attached hydrogens (tertiary/aromatic N) is 1. The molecule has 0 aromatic heterocycles. The summed E-state index contributed by atoms with van der Waals surface area (Å²) in [4.78, 5) is 5.08. The van der Waals surface area contributed by atoms with Crippen LogP contribution >= 0.6 is 0 Å². The third-order valence-corrected chi connectivity index (χ3v) is 3.36. The SMILES string of the molecule is c1ccc(COCC2CC3CON=C3CO2)cc1. The van der Waals surface area contributed by atoms with Gasteiger partial charge in [-0.05, 0) is 12.0 Å². The summed E-state index contributed by atoms with van der Waals surface area (Å²) in [5.41, 5.74) is 2.24. The zero-order valence-corrected chi connectivity index (χ0v) is 10.2. The van der Waals surface area contributed by atoms with E-state index in [9.17, 15) is 0 Å². The molecule has 2 aliphatic heterocycles. The average Bonchev–Trinajstić information content (AvgIpc) is 2.87. The van der Waals surface area contributed by atoms with Crippen molar-refractivity contribution in [1.29, 1.82) is 0 Å². The molecule has 0 radical (unpaired) electrons. The lowest BCUT2D eigenvalue weighted by atomic mass is 9.95. The first-order valence-corrected chi connectivity index (χ1v) is 6.34. The zero-order valence-electron chi connectivity index (χ0n) is 10.2. The number of hydrogen-bond acceptors (Lipinski definition) is 4. The van der Waals surface area contributed by atoms with E-state index >= 15 is 0 Å². The zero-order chi connectivity index (χ0) is 12.2. The largest absolute Gasteiger partial charge is 0.395 e. The molecule has 0 N–H and O–H groups in total. The third-order valence-electron chi connectivity index (χ3n) is 3.36. The van der Waals surface area contributed by atoms with Gasteiger partial charge in [-0.25, -0.2) is 0 Å². The van der Waals surface area contributed by atoms with Gasteiger partial charge in [0.05, 0.1) is 31.6 Å². The summed E-state index contributed by atoms with van der Waals surface area (Å²) in [5.74, 6) is 0.434. The van der Waals surface area contributed by atoms with Crippen molar-refractivity contribution in [3.63, 3.8) is 0 Å². The number of hydrogen-bond donors (Lipinski definition) is 0. The predicted molar refractivity (Wildman–Crippen MR) is 67.3 cm³/mol. The lowest BCUT2D eigenvalue weighted by Crippen LogP contribution is -2.35. The summed E-state index contributed by atoms with van der Waals surface area (Å²) in [5, 5.41) is 3.97. The maximum absolute atomic E-state index is 5.70. The topological polar surface area (TPSA) is 40.0 Å². The van der Waals surface area contributed by atoms with Crippen LogP contribution in [0.1, 0.15) is 12.0 Å². The van der Waals surface area contributed by atoms with Crippen LogP contribution < -0.4 is 0 Å². The Labute approximate surface area is 107 Å². The Morgan fingerprint density at radius 2 is 2.17 bits per heavy atom. The summed E-state index contributed by atoms with van der Waals surface area (Å²) in [6.07, 6.45) is 1.12. The van der Waals surface area contributed by atoms with Crippen molar-refractivity contribution in [2.75, 3.05) is 19.8 Å². The highest BCUT2D eigenvalue weighted by Gasteiger charge is 2.32. The van der Waals surface area contributed by atoms with Crippen LogP contribution in [0.2, 0.25) is 0 Å². The van der Waals surface area contributed by atoms with Crippen LogP contribution in [0, 0.1) is 5.92 Å². The molecule has 96 valence electrons. The van der Waals surface area contributed by atoms with Gasteiger partial charge in [0.25, 0.3) is 0 Å². The number of ether oxygens (including phenoxy) is 2. The van der Waals surface area contributed by atoms with Gasteiger partial charge in [0.15, 0.2) is 0 Å². The second-order valence-electron chi connectivity index (χ2n) is 4.74. The first-order valence-electron chi connectivity index (χ1n) is 6.34. The maximum Gasteiger partial charge on any atom is 0.125 e. The van der Waals surface area contributed by atoms with Gasteiger partial charge in [-0.2, -0.15) is 0 Å². The van der Waals surface area contributed by atoms with Gasteiger partial charge in [0.2, 0.25) is 0 Å². The van der Waals surface area contributed by atoms with Crippen molar-refractivity contribution < 1.29 is 14.3 Å². The van der Waals surface area contributed by atoms with E-state index in [2.05, 4.69) is 17.3 Å². The normalized spacial score (nSPS) is 26.3. The number of rotatable bonds is 4. The Balaban J connectivity index is 1.43. The van der Waals surface area contributed by atoms with E-state index in [4.69, 9.17) is 14.3 Å². The lowest BCUT2D eigenvalue weighted by molar-refractivity contribution is -0.0274. The van der Waals surface area contributed by atoms with Crippen LogP contribution in [-0.4, -0.2) is 31.6 Å². The molecule has 1 saturated heterocycles. The molecule has 0 aliphatic carbocycles. The lowest BCUT2D eigenvalue weighted by Gasteiger charge is -2.26. The summed E-state index contributed by atoms with van der Waals surface area (Å²) >= 11 is 0. The predicted octanol–water partition coefficient (Wildman–Crippen LogP) is 1.99. The van der Waals surface area contributed by atoms with E-state index in [0.29, 0.717) is 32.3 Å². The Hall–Kier alpha value is -1.39. The number of fused-ring (bicyclic) bond motifs is 1. The van der Waals surface area contributed by atoms with Crippen molar-refractivity contribution in [2.45, 2.75) is 19.1 Å². The van der Waals surface area contributed by atoms with Crippen LogP contribution in [0.15, 0.2) is 35.5 Å². The van der Waals surface area contributed by atoms with E-state index in [1.807, 2.05) is 18.2 Å². The van der Waals surface area contributed by atoms with E-state index in [1.54, 1.807) is 0 Å². The van der Waals surface area contributed by atoms with Crippen molar-refractivity contribution in [3.05, 3.63) is 35.9 Å². The first kappa shape index (κ1) is 11.7. The highest BCUT2D eigenvalue weighted by atomic mass is 16.6. The van der Waals surface area contributed by atoms with Crippen molar-refractivity contribution in [2.24, 2.45) is 11.1 Å². The van der Waals surface area contributed by atoms with Crippen LogP contribution in [-0.2, 0) is 20.9 Å². The first-order chi connectivity index (χ1) is 8.92. The molecular formula is C14H17NO3. The summed E-state index contributed by atoms with van der Waals surface area (Å²) < 4.78 is 11.4. The van der Waals surface area contributed by atoms with Gasteiger partial charge in [-0.1, -0.05) is 35.5 Å². The quantitative estimate of drug-likeness (QED) is 0.817. The van der Waals surface area contributed by atoms with E-state index in [-0.39, 0.29) is 6.10 Å². The van der Waals surface area contributed by atoms with Crippen molar-refractivity contribution in [3.8, 4) is 0 Å². The Morgan fingerprint density at radius 3 is 3.06 bits per heavy atom. The number of oxime groups is 1. The molecule has 3 rings (SSSR count). The third kappa shape index (κ3) is 2.71. The molecule has 0 bridgehead atoms. The second-order valence-corrected chi connectivity index (χ2v) is 4.74. The monoisotopic (exact) mass is 247 g/mol. The van der Waals surface area contributed by atoms with Gasteiger partial charge >= 0.3 is 0 Å². The molecule has 2 heterocycles. The molecule has 4 heteroatoms. The smallest absolute Gasteiger partial charge is 0.125 e. The summed E-state index contributed by atoms with van der Waals surface area (Å²) in [6, 6.07) is 10.2. The number of benzene rings is 1. The molecule has 0 saturated carbocycles. The van der Waals surface area contributed by atoms with E-state index < -0.39 is 0 Å². The van der Waals surface area contributed by atoms with Crippen molar-refractivity contribution >= 4 is 5.71 Å². The molecular weight excluding hydrogens is 230 g/mol. The van der Waals surface area contributed by atoms with Crippen LogP contribution in [0.25, 0.3) is 0 Å². The fourth-order valence-corrected chi connectivity index (χ4v) is 2.32. The molecule has 2 atom stereocenters. The standard InChI is InChI=1S/C14H17NO3/c1-2-4-11(5-3-1)7-16-9-13-6-12-8-18-15-14(12)10-17-13/h1-5,12-13H,6-10H2. The molecule has 2 aliphatic rings. The molecule has 0 spiro atoms. The van der Waals surface area contributed by atoms with E-state index in [0.717, 1.165) is 12.1 Å². The summed E-state index contributed by atoms with van der Waals surface area (Å²) in [6.45, 7) is 2.57. The molecule has 18 heavy (non-hydrogen) atoms. The highest BCUT2D eigenvalue weighted by Crippen LogP contribution is 2.23. The minimum Gasteiger partial charge on any atom is -0.395 e. The van der Waals surface area contributed by atoms with Crippen molar-refractivity contribution in [1.82, 2.24) is 0 Å². The molecule has 4 nitrogen and oxygen atoms in total. The van der Waals surface area contributed by atoms with Gasteiger partial charge in [-0.3, -0.25) is 0 Å². The van der Waals surface area contributed by atoms with Gasteiger partial charge in [0.1, 0.15) is 6.61 Å². The van der Waals surface area contributed by atoms with Gasteiger partial charge in [0, 0.05) is 5.92 Å². The van der Waals surface area contributed by atoms with E-state index in [1.165, 1.54) is 5.56 Å². The van der Waals surface area contributed by atoms with Gasteiger partial charge < -0.3 is 14.3 Å². The minimum atomic E-state index is 0.166. The Morgan fingerprint density at radius 1 is 1.28 bits per heavy atom. The average molecular weight is 247 g/mol. The van der Waals surface area contributed by atoms with Crippen LogP contribution in [0.3, 0.4) is 0 Å². The fourth-order valence-electron chi connectivity index (χ4n) is 2.32. The van der Waals surface area contributed by atoms with Crippen LogP contribution in [0.5, 0.6) is 0 Å². The fraction of sp³-hybridized carbons (Fsp3) is 0.500. The highest BCUT2D eigenvalue weighted by molar-refractivity contribution is 5.89. The second kappa shape index (κ2) is 5.50. The minimum absolute atomic E-state index is 0.166. The molecule has 1 aromatic rings.